The lowest BCUT2D eigenvalue weighted by atomic mass is 10.1. The van der Waals surface area contributed by atoms with Crippen molar-refractivity contribution in [2.75, 3.05) is 24.1 Å². The first-order valence-electron chi connectivity index (χ1n) is 6.80. The SMILES string of the molecule is CC(C)(C)Nc1nc(N)c(C(=O)N2CCC(C(N)=O)C2)s1. The van der Waals surface area contributed by atoms with Crippen LogP contribution in [0.1, 0.15) is 36.9 Å². The molecular weight excluding hydrogens is 290 g/mol. The minimum atomic E-state index is -0.363. The van der Waals surface area contributed by atoms with Crippen LogP contribution in [0.5, 0.6) is 0 Å². The van der Waals surface area contributed by atoms with Crippen molar-refractivity contribution in [3.63, 3.8) is 0 Å². The summed E-state index contributed by atoms with van der Waals surface area (Å²) >= 11 is 1.24. The Bertz CT molecular complexity index is 563. The number of aromatic nitrogens is 1. The molecule has 1 saturated heterocycles. The second-order valence-electron chi connectivity index (χ2n) is 6.25. The molecule has 0 aliphatic carbocycles. The Morgan fingerprint density at radius 1 is 1.43 bits per heavy atom. The molecule has 0 aromatic carbocycles. The van der Waals surface area contributed by atoms with E-state index in [1.54, 1.807) is 4.90 Å². The fourth-order valence-electron chi connectivity index (χ4n) is 2.18. The van der Waals surface area contributed by atoms with Crippen molar-refractivity contribution in [1.29, 1.82) is 0 Å². The van der Waals surface area contributed by atoms with E-state index in [2.05, 4.69) is 10.3 Å². The molecule has 21 heavy (non-hydrogen) atoms. The summed E-state index contributed by atoms with van der Waals surface area (Å²) in [4.78, 5) is 29.8. The lowest BCUT2D eigenvalue weighted by molar-refractivity contribution is -0.121. The smallest absolute Gasteiger partial charge is 0.267 e. The molecule has 7 nitrogen and oxygen atoms in total. The highest BCUT2D eigenvalue weighted by Crippen LogP contribution is 2.29. The molecule has 1 aromatic rings. The number of primary amides is 1. The van der Waals surface area contributed by atoms with Crippen LogP contribution in [-0.4, -0.2) is 40.3 Å². The van der Waals surface area contributed by atoms with Crippen LogP contribution in [0.15, 0.2) is 0 Å². The number of nitrogens with zero attached hydrogens (tertiary/aromatic N) is 2. The normalized spacial score (nSPS) is 18.8. The maximum atomic E-state index is 12.5. The van der Waals surface area contributed by atoms with Gasteiger partial charge in [-0.2, -0.15) is 0 Å². The lowest BCUT2D eigenvalue weighted by Gasteiger charge is -2.19. The zero-order valence-electron chi connectivity index (χ0n) is 12.5. The number of thiazole rings is 1. The number of nitrogens with one attached hydrogen (secondary N) is 1. The molecule has 2 amide bonds. The second-order valence-corrected chi connectivity index (χ2v) is 7.25. The molecule has 1 aliphatic rings. The average molecular weight is 311 g/mol. The summed E-state index contributed by atoms with van der Waals surface area (Å²) in [7, 11) is 0. The van der Waals surface area contributed by atoms with Crippen LogP contribution < -0.4 is 16.8 Å². The molecule has 2 heterocycles. The van der Waals surface area contributed by atoms with Crippen LogP contribution in [0, 0.1) is 5.92 Å². The fraction of sp³-hybridized carbons (Fsp3) is 0.615. The molecule has 1 fully saturated rings. The minimum Gasteiger partial charge on any atom is -0.382 e. The Morgan fingerprint density at radius 3 is 2.62 bits per heavy atom. The lowest BCUT2D eigenvalue weighted by Crippen LogP contribution is -2.31. The number of nitrogens with two attached hydrogens (primary N) is 2. The highest BCUT2D eigenvalue weighted by atomic mass is 32.1. The van der Waals surface area contributed by atoms with Gasteiger partial charge in [-0.1, -0.05) is 11.3 Å². The van der Waals surface area contributed by atoms with Crippen molar-refractivity contribution < 1.29 is 9.59 Å². The highest BCUT2D eigenvalue weighted by molar-refractivity contribution is 7.18. The summed E-state index contributed by atoms with van der Waals surface area (Å²) in [5, 5.41) is 3.82. The molecular formula is C13H21N5O2S. The van der Waals surface area contributed by atoms with Gasteiger partial charge in [0.1, 0.15) is 10.7 Å². The van der Waals surface area contributed by atoms with E-state index in [9.17, 15) is 9.59 Å². The summed E-state index contributed by atoms with van der Waals surface area (Å²) in [6.07, 6.45) is 0.604. The number of rotatable bonds is 3. The van der Waals surface area contributed by atoms with E-state index in [0.29, 0.717) is 29.5 Å². The second kappa shape index (κ2) is 5.51. The van der Waals surface area contributed by atoms with Crippen LogP contribution in [-0.2, 0) is 4.79 Å². The number of carbonyl (C=O) groups is 2. The van der Waals surface area contributed by atoms with Gasteiger partial charge >= 0.3 is 0 Å². The minimum absolute atomic E-state index is 0.157. The molecule has 0 bridgehead atoms. The number of hydrogen-bond donors (Lipinski definition) is 3. The largest absolute Gasteiger partial charge is 0.382 e. The van der Waals surface area contributed by atoms with Crippen LogP contribution >= 0.6 is 11.3 Å². The zero-order valence-corrected chi connectivity index (χ0v) is 13.3. The average Bonchev–Trinajstić information content (AvgIpc) is 2.93. The van der Waals surface area contributed by atoms with E-state index < -0.39 is 0 Å². The summed E-state index contributed by atoms with van der Waals surface area (Å²) in [5.74, 6) is -0.595. The van der Waals surface area contributed by atoms with Gasteiger partial charge in [0, 0.05) is 18.6 Å². The Hall–Kier alpha value is -1.83. The Morgan fingerprint density at radius 2 is 2.10 bits per heavy atom. The third kappa shape index (κ3) is 3.63. The van der Waals surface area contributed by atoms with Gasteiger partial charge < -0.3 is 21.7 Å². The summed E-state index contributed by atoms with van der Waals surface area (Å²) < 4.78 is 0. The van der Waals surface area contributed by atoms with Crippen molar-refractivity contribution in [3.8, 4) is 0 Å². The number of hydrogen-bond acceptors (Lipinski definition) is 6. The van der Waals surface area contributed by atoms with E-state index in [1.165, 1.54) is 11.3 Å². The molecule has 5 N–H and O–H groups in total. The molecule has 1 unspecified atom stereocenters. The van der Waals surface area contributed by atoms with Crippen molar-refractivity contribution >= 4 is 34.1 Å². The monoisotopic (exact) mass is 311 g/mol. The molecule has 1 atom stereocenters. The Labute approximate surface area is 127 Å². The molecule has 0 radical (unpaired) electrons. The molecule has 0 saturated carbocycles. The zero-order chi connectivity index (χ0) is 15.8. The third-order valence-corrected chi connectivity index (χ3v) is 4.18. The molecule has 2 rings (SSSR count). The number of likely N-dealkylation sites (tertiary alicyclic amines) is 1. The van der Waals surface area contributed by atoms with E-state index in [1.807, 2.05) is 20.8 Å². The van der Waals surface area contributed by atoms with Gasteiger partial charge in [-0.15, -0.1) is 0 Å². The van der Waals surface area contributed by atoms with Crippen LogP contribution in [0.4, 0.5) is 10.9 Å². The number of anilines is 2. The number of carbonyl (C=O) groups excluding carboxylic acids is 2. The molecule has 1 aromatic heterocycles. The van der Waals surface area contributed by atoms with E-state index in [0.717, 1.165) is 0 Å². The van der Waals surface area contributed by atoms with Crippen LogP contribution in [0.3, 0.4) is 0 Å². The topological polar surface area (TPSA) is 114 Å². The quantitative estimate of drug-likeness (QED) is 0.766. The van der Waals surface area contributed by atoms with Crippen molar-refractivity contribution in [2.45, 2.75) is 32.7 Å². The molecule has 8 heteroatoms. The van der Waals surface area contributed by atoms with E-state index in [-0.39, 0.29) is 29.1 Å². The molecule has 0 spiro atoms. The van der Waals surface area contributed by atoms with Gasteiger partial charge in [0.05, 0.1) is 5.92 Å². The third-order valence-electron chi connectivity index (χ3n) is 3.21. The van der Waals surface area contributed by atoms with E-state index >= 15 is 0 Å². The maximum Gasteiger partial charge on any atom is 0.267 e. The maximum absolute atomic E-state index is 12.5. The number of nitrogen functional groups attached to an aromatic ring is 1. The summed E-state index contributed by atoms with van der Waals surface area (Å²) in [6.45, 7) is 6.89. The molecule has 1 aliphatic heterocycles. The van der Waals surface area contributed by atoms with Crippen molar-refractivity contribution in [2.24, 2.45) is 11.7 Å². The highest BCUT2D eigenvalue weighted by Gasteiger charge is 2.32. The van der Waals surface area contributed by atoms with Gasteiger partial charge in [0.25, 0.3) is 5.91 Å². The van der Waals surface area contributed by atoms with Crippen LogP contribution in [0.25, 0.3) is 0 Å². The summed E-state index contributed by atoms with van der Waals surface area (Å²) in [5.41, 5.74) is 11.0. The Balaban J connectivity index is 2.12. The fourth-order valence-corrected chi connectivity index (χ4v) is 3.24. The van der Waals surface area contributed by atoms with Gasteiger partial charge in [-0.05, 0) is 27.2 Å². The first-order chi connectivity index (χ1) is 9.67. The first kappa shape index (κ1) is 15.6. The summed E-state index contributed by atoms with van der Waals surface area (Å²) in [6, 6.07) is 0. The first-order valence-corrected chi connectivity index (χ1v) is 7.62. The van der Waals surface area contributed by atoms with Gasteiger partial charge in [0.2, 0.25) is 5.91 Å². The van der Waals surface area contributed by atoms with Gasteiger partial charge in [-0.3, -0.25) is 9.59 Å². The van der Waals surface area contributed by atoms with Crippen molar-refractivity contribution in [3.05, 3.63) is 4.88 Å². The Kier molecular flexibility index (Phi) is 4.08. The van der Waals surface area contributed by atoms with Gasteiger partial charge in [0.15, 0.2) is 5.13 Å². The molecule has 116 valence electrons. The predicted molar refractivity (Wildman–Crippen MR) is 83.1 cm³/mol. The van der Waals surface area contributed by atoms with Crippen LogP contribution in [0.2, 0.25) is 0 Å². The predicted octanol–water partition coefficient (Wildman–Crippen LogP) is 0.883. The standard InChI is InChI=1S/C13H21N5O2S/c1-13(2,3)17-12-16-9(14)8(21-12)11(20)18-5-4-7(6-18)10(15)19/h7H,4-6,14H2,1-3H3,(H2,15,19)(H,16,17). The number of amides is 2. The van der Waals surface area contributed by atoms with E-state index in [4.69, 9.17) is 11.5 Å². The van der Waals surface area contributed by atoms with Crippen molar-refractivity contribution in [1.82, 2.24) is 9.88 Å². The van der Waals surface area contributed by atoms with Gasteiger partial charge in [-0.25, -0.2) is 4.98 Å².